The van der Waals surface area contributed by atoms with Crippen LogP contribution in [0.2, 0.25) is 0 Å². The molecule has 1 fully saturated rings. The maximum Gasteiger partial charge on any atom is 0.246 e. The molecule has 0 radical (unpaired) electrons. The van der Waals surface area contributed by atoms with E-state index in [-0.39, 0.29) is 24.2 Å². The number of carbonyl (C=O) groups is 1. The Labute approximate surface area is 130 Å². The van der Waals surface area contributed by atoms with Crippen molar-refractivity contribution in [1.82, 2.24) is 9.88 Å². The van der Waals surface area contributed by atoms with Crippen LogP contribution in [0.25, 0.3) is 6.08 Å². The maximum atomic E-state index is 12.3. The van der Waals surface area contributed by atoms with Gasteiger partial charge in [-0.25, -0.2) is 0 Å². The number of rotatable bonds is 5. The van der Waals surface area contributed by atoms with Crippen LogP contribution >= 0.6 is 0 Å². The van der Waals surface area contributed by atoms with Gasteiger partial charge in [-0.15, -0.1) is 0 Å². The van der Waals surface area contributed by atoms with Gasteiger partial charge in [0.15, 0.2) is 0 Å². The van der Waals surface area contributed by atoms with Crippen LogP contribution in [-0.4, -0.2) is 68.5 Å². The van der Waals surface area contributed by atoms with Crippen molar-refractivity contribution in [3.63, 3.8) is 0 Å². The summed E-state index contributed by atoms with van der Waals surface area (Å²) in [5.41, 5.74) is 0.926. The smallest absolute Gasteiger partial charge is 0.246 e. The number of pyridine rings is 1. The van der Waals surface area contributed by atoms with Gasteiger partial charge in [0.2, 0.25) is 5.91 Å². The number of amides is 1. The summed E-state index contributed by atoms with van der Waals surface area (Å²) in [6, 6.07) is 3.50. The lowest BCUT2D eigenvalue weighted by molar-refractivity contribution is -0.161. The lowest BCUT2D eigenvalue weighted by atomic mass is 10.0. The second-order valence-corrected chi connectivity index (χ2v) is 5.14. The summed E-state index contributed by atoms with van der Waals surface area (Å²) in [5.74, 6) is -0.107. The third-order valence-corrected chi connectivity index (χ3v) is 3.86. The highest BCUT2D eigenvalue weighted by atomic mass is 16.6. The average molecular weight is 306 g/mol. The minimum Gasteiger partial charge on any atom is -0.376 e. The summed E-state index contributed by atoms with van der Waals surface area (Å²) in [7, 11) is 4.99. The number of aromatic nitrogens is 1. The molecule has 22 heavy (non-hydrogen) atoms. The van der Waals surface area contributed by atoms with Crippen LogP contribution in [-0.2, 0) is 19.0 Å². The molecular weight excluding hydrogens is 284 g/mol. The number of likely N-dealkylation sites (N-methyl/N-ethyl adjacent to an activating group) is 1. The van der Waals surface area contributed by atoms with Gasteiger partial charge < -0.3 is 19.1 Å². The first-order chi connectivity index (χ1) is 10.7. The van der Waals surface area contributed by atoms with Crippen molar-refractivity contribution in [1.29, 1.82) is 0 Å². The highest BCUT2D eigenvalue weighted by molar-refractivity contribution is 5.91. The molecule has 6 heteroatoms. The van der Waals surface area contributed by atoms with Crippen molar-refractivity contribution in [2.45, 2.75) is 18.2 Å². The number of carbonyl (C=O) groups excluding carboxylic acids is 1. The summed E-state index contributed by atoms with van der Waals surface area (Å²) in [6.45, 7) is 0.907. The van der Waals surface area contributed by atoms with Gasteiger partial charge in [-0.3, -0.25) is 9.78 Å². The third kappa shape index (κ3) is 3.91. The van der Waals surface area contributed by atoms with Crippen molar-refractivity contribution in [3.05, 3.63) is 36.2 Å². The van der Waals surface area contributed by atoms with E-state index in [1.807, 2.05) is 12.1 Å². The minimum absolute atomic E-state index is 0.107. The largest absolute Gasteiger partial charge is 0.376 e. The van der Waals surface area contributed by atoms with Gasteiger partial charge in [-0.1, -0.05) is 0 Å². The molecule has 0 bridgehead atoms. The third-order valence-electron chi connectivity index (χ3n) is 3.86. The molecule has 2 heterocycles. The van der Waals surface area contributed by atoms with Gasteiger partial charge in [0.25, 0.3) is 0 Å². The zero-order chi connectivity index (χ0) is 15.9. The van der Waals surface area contributed by atoms with Crippen LogP contribution in [0.5, 0.6) is 0 Å². The topological polar surface area (TPSA) is 60.9 Å². The SMILES string of the molecule is CO[C@H]1[C@H](N(C)C(=O)C=Cc2ccncc2)COC[C@H]1OC. The lowest BCUT2D eigenvalue weighted by Crippen LogP contribution is -2.57. The van der Waals surface area contributed by atoms with Crippen LogP contribution in [0.1, 0.15) is 5.56 Å². The number of ether oxygens (including phenoxy) is 3. The van der Waals surface area contributed by atoms with E-state index < -0.39 is 0 Å². The molecule has 1 aliphatic rings. The lowest BCUT2D eigenvalue weighted by Gasteiger charge is -2.40. The molecule has 0 aromatic carbocycles. The van der Waals surface area contributed by atoms with E-state index in [0.29, 0.717) is 13.2 Å². The Morgan fingerprint density at radius 1 is 1.32 bits per heavy atom. The summed E-state index contributed by atoms with van der Waals surface area (Å²) in [4.78, 5) is 17.9. The van der Waals surface area contributed by atoms with E-state index in [4.69, 9.17) is 14.2 Å². The summed E-state index contributed by atoms with van der Waals surface area (Å²) >= 11 is 0. The molecule has 2 rings (SSSR count). The molecule has 120 valence electrons. The maximum absolute atomic E-state index is 12.3. The predicted molar refractivity (Wildman–Crippen MR) is 82.2 cm³/mol. The molecule has 0 saturated carbocycles. The Hall–Kier alpha value is -1.76. The van der Waals surface area contributed by atoms with Crippen LogP contribution < -0.4 is 0 Å². The van der Waals surface area contributed by atoms with Crippen LogP contribution in [0, 0.1) is 0 Å². The van der Waals surface area contributed by atoms with Crippen LogP contribution in [0.15, 0.2) is 30.6 Å². The molecular formula is C16H22N2O4. The highest BCUT2D eigenvalue weighted by Gasteiger charge is 2.38. The van der Waals surface area contributed by atoms with Crippen molar-refractivity contribution in [2.24, 2.45) is 0 Å². The Morgan fingerprint density at radius 3 is 2.68 bits per heavy atom. The molecule has 1 aromatic heterocycles. The van der Waals surface area contributed by atoms with Gasteiger partial charge in [0, 0.05) is 39.7 Å². The number of hydrogen-bond acceptors (Lipinski definition) is 5. The van der Waals surface area contributed by atoms with E-state index in [1.165, 1.54) is 0 Å². The van der Waals surface area contributed by atoms with Crippen molar-refractivity contribution in [3.8, 4) is 0 Å². The fraction of sp³-hybridized carbons (Fsp3) is 0.500. The molecule has 1 amide bonds. The first kappa shape index (κ1) is 16.6. The van der Waals surface area contributed by atoms with Gasteiger partial charge in [0.05, 0.1) is 19.3 Å². The molecule has 0 aliphatic carbocycles. The molecule has 1 aromatic rings. The monoisotopic (exact) mass is 306 g/mol. The zero-order valence-electron chi connectivity index (χ0n) is 13.1. The van der Waals surface area contributed by atoms with Gasteiger partial charge in [0.1, 0.15) is 12.2 Å². The average Bonchev–Trinajstić information content (AvgIpc) is 2.59. The van der Waals surface area contributed by atoms with E-state index in [1.54, 1.807) is 50.7 Å². The van der Waals surface area contributed by atoms with Crippen molar-refractivity contribution in [2.75, 3.05) is 34.5 Å². The summed E-state index contributed by atoms with van der Waals surface area (Å²) < 4.78 is 16.4. The summed E-state index contributed by atoms with van der Waals surface area (Å²) in [5, 5.41) is 0. The number of nitrogens with zero attached hydrogens (tertiary/aromatic N) is 2. The number of hydrogen-bond donors (Lipinski definition) is 0. The van der Waals surface area contributed by atoms with Crippen molar-refractivity contribution < 1.29 is 19.0 Å². The Balaban J connectivity index is 2.04. The fourth-order valence-electron chi connectivity index (χ4n) is 2.51. The quantitative estimate of drug-likeness (QED) is 0.759. The minimum atomic E-state index is -0.206. The van der Waals surface area contributed by atoms with Gasteiger partial charge >= 0.3 is 0 Å². The Bertz CT molecular complexity index is 506. The van der Waals surface area contributed by atoms with E-state index in [2.05, 4.69) is 4.98 Å². The molecule has 0 unspecified atom stereocenters. The summed E-state index contributed by atoms with van der Waals surface area (Å²) in [6.07, 6.45) is 6.29. The molecule has 6 nitrogen and oxygen atoms in total. The second kappa shape index (κ2) is 8.03. The van der Waals surface area contributed by atoms with Gasteiger partial charge in [-0.05, 0) is 23.8 Å². The fourth-order valence-corrected chi connectivity index (χ4v) is 2.51. The zero-order valence-corrected chi connectivity index (χ0v) is 13.1. The Morgan fingerprint density at radius 2 is 2.05 bits per heavy atom. The molecule has 1 aliphatic heterocycles. The second-order valence-electron chi connectivity index (χ2n) is 5.14. The molecule has 0 N–H and O–H groups in total. The highest BCUT2D eigenvalue weighted by Crippen LogP contribution is 2.19. The van der Waals surface area contributed by atoms with Crippen molar-refractivity contribution >= 4 is 12.0 Å². The molecule has 1 saturated heterocycles. The predicted octanol–water partition coefficient (Wildman–Crippen LogP) is 0.982. The molecule has 0 spiro atoms. The normalized spacial score (nSPS) is 25.3. The van der Waals surface area contributed by atoms with E-state index >= 15 is 0 Å². The van der Waals surface area contributed by atoms with E-state index in [9.17, 15) is 4.79 Å². The Kier molecular flexibility index (Phi) is 6.06. The van der Waals surface area contributed by atoms with E-state index in [0.717, 1.165) is 5.56 Å². The first-order valence-electron chi connectivity index (χ1n) is 7.15. The van der Waals surface area contributed by atoms with Crippen LogP contribution in [0.4, 0.5) is 0 Å². The standard InChI is InChI=1S/C16H22N2O4/c1-18(13-10-22-11-14(20-2)16(13)21-3)15(19)5-4-12-6-8-17-9-7-12/h4-9,13-14,16H,10-11H2,1-3H3/t13-,14-,16+/m1/s1. The first-order valence-corrected chi connectivity index (χ1v) is 7.15. The van der Waals surface area contributed by atoms with Crippen LogP contribution in [0.3, 0.4) is 0 Å². The number of methoxy groups -OCH3 is 2. The molecule has 3 atom stereocenters. The van der Waals surface area contributed by atoms with Gasteiger partial charge in [-0.2, -0.15) is 0 Å².